The van der Waals surface area contributed by atoms with Crippen molar-refractivity contribution in [1.29, 1.82) is 0 Å². The predicted molar refractivity (Wildman–Crippen MR) is 42.3 cm³/mol. The zero-order valence-electron chi connectivity index (χ0n) is 7.21. The van der Waals surface area contributed by atoms with Crippen molar-refractivity contribution in [3.8, 4) is 0 Å². The van der Waals surface area contributed by atoms with Crippen LogP contribution in [0.1, 0.15) is 11.8 Å². The number of aromatic nitrogens is 1. The predicted octanol–water partition coefficient (Wildman–Crippen LogP) is -0.797. The molecule has 60 valence electrons. The van der Waals surface area contributed by atoms with Crippen LogP contribution in [0.15, 0.2) is 12.4 Å². The SMILES string of the molecule is O=C(O)c1c(Cl)cncc1Cl.[H-].[Li+]. The Morgan fingerprint density at radius 1 is 1.42 bits per heavy atom. The van der Waals surface area contributed by atoms with E-state index in [-0.39, 0.29) is 35.9 Å². The number of nitrogens with zero attached hydrogens (tertiary/aromatic N) is 1. The Bertz CT molecular complexity index is 290. The third kappa shape index (κ3) is 2.39. The van der Waals surface area contributed by atoms with Gasteiger partial charge in [0, 0.05) is 12.4 Å². The fourth-order valence-corrected chi connectivity index (χ4v) is 1.14. The van der Waals surface area contributed by atoms with Gasteiger partial charge in [-0.2, -0.15) is 0 Å². The maximum Gasteiger partial charge on any atom is 1.00 e. The Balaban J connectivity index is 0. The Kier molecular flexibility index (Phi) is 4.65. The summed E-state index contributed by atoms with van der Waals surface area (Å²) in [6.45, 7) is 0. The van der Waals surface area contributed by atoms with Gasteiger partial charge >= 0.3 is 24.8 Å². The van der Waals surface area contributed by atoms with Gasteiger partial charge in [0.15, 0.2) is 0 Å². The zero-order chi connectivity index (χ0) is 8.43. The van der Waals surface area contributed by atoms with E-state index in [1.807, 2.05) is 0 Å². The van der Waals surface area contributed by atoms with Gasteiger partial charge < -0.3 is 6.53 Å². The maximum absolute atomic E-state index is 10.4. The first-order chi connectivity index (χ1) is 5.13. The largest absolute Gasteiger partial charge is 1.00 e. The summed E-state index contributed by atoms with van der Waals surface area (Å²) in [6.07, 6.45) is 2.47. The molecule has 12 heavy (non-hydrogen) atoms. The summed E-state index contributed by atoms with van der Waals surface area (Å²) < 4.78 is 0. The van der Waals surface area contributed by atoms with Crippen molar-refractivity contribution in [3.63, 3.8) is 0 Å². The van der Waals surface area contributed by atoms with Gasteiger partial charge in [-0.1, -0.05) is 23.2 Å². The van der Waals surface area contributed by atoms with E-state index in [0.29, 0.717) is 0 Å². The first-order valence-electron chi connectivity index (χ1n) is 2.65. The maximum atomic E-state index is 10.4. The van der Waals surface area contributed by atoms with Gasteiger partial charge in [-0.15, -0.1) is 0 Å². The van der Waals surface area contributed by atoms with Crippen molar-refractivity contribution in [2.45, 2.75) is 0 Å². The molecule has 0 aliphatic carbocycles. The number of aromatic carboxylic acids is 1. The molecule has 6 heteroatoms. The molecule has 1 aromatic rings. The van der Waals surface area contributed by atoms with E-state index in [4.69, 9.17) is 28.3 Å². The number of pyridine rings is 1. The summed E-state index contributed by atoms with van der Waals surface area (Å²) in [5.74, 6) is -1.15. The minimum absolute atomic E-state index is 0. The van der Waals surface area contributed by atoms with Crippen LogP contribution in [0.3, 0.4) is 0 Å². The second-order valence-electron chi connectivity index (χ2n) is 1.78. The smallest absolute Gasteiger partial charge is 1.00 e. The van der Waals surface area contributed by atoms with Gasteiger partial charge in [-0.25, -0.2) is 4.79 Å². The minimum atomic E-state index is -1.15. The molecular formula is C6H4Cl2LiNO2. The molecule has 0 atom stereocenters. The average Bonchev–Trinajstić information content (AvgIpc) is 1.85. The monoisotopic (exact) mass is 199 g/mol. The van der Waals surface area contributed by atoms with Crippen LogP contribution in [-0.2, 0) is 0 Å². The first kappa shape index (κ1) is 11.8. The van der Waals surface area contributed by atoms with Crippen LogP contribution in [0, 0.1) is 0 Å². The van der Waals surface area contributed by atoms with Crippen LogP contribution in [0.2, 0.25) is 10.0 Å². The summed E-state index contributed by atoms with van der Waals surface area (Å²) in [6, 6.07) is 0. The molecule has 1 aromatic heterocycles. The van der Waals surface area contributed by atoms with E-state index >= 15 is 0 Å². The van der Waals surface area contributed by atoms with E-state index in [2.05, 4.69) is 4.98 Å². The molecule has 0 aliphatic heterocycles. The Hall–Kier alpha value is -0.203. The molecule has 3 nitrogen and oxygen atoms in total. The molecule has 0 aliphatic rings. The van der Waals surface area contributed by atoms with E-state index in [1.54, 1.807) is 0 Å². The van der Waals surface area contributed by atoms with Crippen LogP contribution in [0.5, 0.6) is 0 Å². The first-order valence-corrected chi connectivity index (χ1v) is 3.41. The molecule has 0 fully saturated rings. The normalized spacial score (nSPS) is 8.83. The number of carbonyl (C=O) groups is 1. The number of hydrogen-bond donors (Lipinski definition) is 1. The van der Waals surface area contributed by atoms with Crippen LogP contribution in [0.25, 0.3) is 0 Å². The van der Waals surface area contributed by atoms with Crippen LogP contribution < -0.4 is 18.9 Å². The van der Waals surface area contributed by atoms with Crippen molar-refractivity contribution in [2.24, 2.45) is 0 Å². The van der Waals surface area contributed by atoms with Crippen molar-refractivity contribution in [3.05, 3.63) is 28.0 Å². The van der Waals surface area contributed by atoms with Gasteiger partial charge in [-0.3, -0.25) is 4.98 Å². The second kappa shape index (κ2) is 4.73. The molecule has 0 radical (unpaired) electrons. The Labute approximate surface area is 92.4 Å². The summed E-state index contributed by atoms with van der Waals surface area (Å²) in [7, 11) is 0. The molecule has 0 aromatic carbocycles. The Morgan fingerprint density at radius 2 is 1.83 bits per heavy atom. The topological polar surface area (TPSA) is 50.2 Å². The molecule has 0 bridgehead atoms. The van der Waals surface area contributed by atoms with E-state index < -0.39 is 5.97 Å². The van der Waals surface area contributed by atoms with Crippen LogP contribution in [-0.4, -0.2) is 16.1 Å². The van der Waals surface area contributed by atoms with Crippen molar-refractivity contribution in [2.75, 3.05) is 0 Å². The number of carboxylic acids is 1. The summed E-state index contributed by atoms with van der Waals surface area (Å²) >= 11 is 11.0. The van der Waals surface area contributed by atoms with Gasteiger partial charge in [0.05, 0.1) is 15.6 Å². The summed E-state index contributed by atoms with van der Waals surface area (Å²) in [4.78, 5) is 14.0. The van der Waals surface area contributed by atoms with Crippen LogP contribution in [0.4, 0.5) is 0 Å². The van der Waals surface area contributed by atoms with Crippen molar-refractivity contribution >= 4 is 29.2 Å². The quantitative estimate of drug-likeness (QED) is 0.604. The van der Waals surface area contributed by atoms with E-state index in [9.17, 15) is 4.79 Å². The molecule has 1 rings (SSSR count). The van der Waals surface area contributed by atoms with Crippen molar-refractivity contribution < 1.29 is 30.2 Å². The van der Waals surface area contributed by atoms with Gasteiger partial charge in [-0.05, 0) is 0 Å². The molecule has 0 saturated heterocycles. The molecule has 0 spiro atoms. The fourth-order valence-electron chi connectivity index (χ4n) is 0.616. The van der Waals surface area contributed by atoms with E-state index in [1.165, 1.54) is 12.4 Å². The number of carboxylic acid groups (broad SMARTS) is 1. The molecule has 0 saturated carbocycles. The number of halogens is 2. The third-order valence-electron chi connectivity index (χ3n) is 1.07. The minimum Gasteiger partial charge on any atom is -1.00 e. The van der Waals surface area contributed by atoms with Gasteiger partial charge in [0.2, 0.25) is 0 Å². The van der Waals surface area contributed by atoms with Crippen LogP contribution >= 0.6 is 23.2 Å². The summed E-state index contributed by atoms with van der Waals surface area (Å²) in [5, 5.41) is 8.64. The zero-order valence-corrected chi connectivity index (χ0v) is 7.73. The van der Waals surface area contributed by atoms with Gasteiger partial charge in [0.1, 0.15) is 0 Å². The van der Waals surface area contributed by atoms with Gasteiger partial charge in [0.25, 0.3) is 0 Å². The van der Waals surface area contributed by atoms with E-state index in [0.717, 1.165) is 0 Å². The number of hydrogen-bond acceptors (Lipinski definition) is 2. The standard InChI is InChI=1S/C6H3Cl2NO2.Li.H/c7-3-1-9-2-4(8)5(3)6(10)11;;/h1-2H,(H,10,11);;/q;+1;-1. The third-order valence-corrected chi connectivity index (χ3v) is 1.64. The van der Waals surface area contributed by atoms with Crippen molar-refractivity contribution in [1.82, 2.24) is 4.98 Å². The average molecular weight is 200 g/mol. The molecule has 0 amide bonds. The Morgan fingerprint density at radius 3 is 2.08 bits per heavy atom. The number of rotatable bonds is 1. The fraction of sp³-hybridized carbons (Fsp3) is 0. The molecular weight excluding hydrogens is 196 g/mol. The second-order valence-corrected chi connectivity index (χ2v) is 2.60. The molecule has 1 N–H and O–H groups in total. The molecule has 0 unspecified atom stereocenters. The summed E-state index contributed by atoms with van der Waals surface area (Å²) in [5.41, 5.74) is -0.108. The molecule has 1 heterocycles.